The number of hydrogen-bond donors (Lipinski definition) is 2. The highest BCUT2D eigenvalue weighted by atomic mass is 19.1. The molecule has 0 aromatic heterocycles. The number of hydrogen-bond acceptors (Lipinski definition) is 3. The van der Waals surface area contributed by atoms with E-state index in [1.54, 1.807) is 12.1 Å². The number of nitrogens with one attached hydrogen (secondary N) is 1. The second-order valence-electron chi connectivity index (χ2n) is 5.13. The Labute approximate surface area is 126 Å². The van der Waals surface area contributed by atoms with Crippen molar-refractivity contribution >= 4 is 11.6 Å². The molecule has 0 heterocycles. The largest absolute Gasteiger partial charge is 0.360 e. The quantitative estimate of drug-likeness (QED) is 0.687. The van der Waals surface area contributed by atoms with Crippen LogP contribution in [0.1, 0.15) is 33.1 Å². The summed E-state index contributed by atoms with van der Waals surface area (Å²) in [4.78, 5) is 14.2. The Hall–Kier alpha value is -1.62. The van der Waals surface area contributed by atoms with Crippen LogP contribution >= 0.6 is 0 Å². The Kier molecular flexibility index (Phi) is 7.75. The highest BCUT2D eigenvalue weighted by molar-refractivity contribution is 5.84. The van der Waals surface area contributed by atoms with E-state index in [1.165, 1.54) is 12.1 Å². The summed E-state index contributed by atoms with van der Waals surface area (Å²) in [5, 5.41) is 2.94. The van der Waals surface area contributed by atoms with E-state index in [4.69, 9.17) is 5.73 Å². The first-order valence-electron chi connectivity index (χ1n) is 7.60. The molecule has 0 saturated heterocycles. The normalized spacial score (nSPS) is 12.0. The minimum Gasteiger partial charge on any atom is -0.360 e. The fourth-order valence-electron chi connectivity index (χ4n) is 2.12. The maximum Gasteiger partial charge on any atom is 0.242 e. The van der Waals surface area contributed by atoms with E-state index in [0.717, 1.165) is 24.9 Å². The molecule has 5 heteroatoms. The van der Waals surface area contributed by atoms with Gasteiger partial charge in [-0.15, -0.1) is 0 Å². The number of anilines is 1. The van der Waals surface area contributed by atoms with Gasteiger partial charge in [0.2, 0.25) is 5.91 Å². The topological polar surface area (TPSA) is 58.4 Å². The standard InChI is InChI=1S/C16H26FN3O/c1-3-4-11-19-16(21)13(2)20(12-5-10-18)15-8-6-14(17)7-9-15/h6-9,13H,3-5,10-12,18H2,1-2H3,(H,19,21). The van der Waals surface area contributed by atoms with Gasteiger partial charge in [-0.1, -0.05) is 13.3 Å². The summed E-state index contributed by atoms with van der Waals surface area (Å²) in [6, 6.07) is 5.90. The van der Waals surface area contributed by atoms with E-state index >= 15 is 0 Å². The summed E-state index contributed by atoms with van der Waals surface area (Å²) in [6.07, 6.45) is 2.80. The van der Waals surface area contributed by atoms with E-state index in [0.29, 0.717) is 19.6 Å². The molecule has 118 valence electrons. The number of rotatable bonds is 9. The second-order valence-corrected chi connectivity index (χ2v) is 5.13. The fourth-order valence-corrected chi connectivity index (χ4v) is 2.12. The van der Waals surface area contributed by atoms with Crippen LogP contribution in [0.5, 0.6) is 0 Å². The van der Waals surface area contributed by atoms with Crippen molar-refractivity contribution in [2.75, 3.05) is 24.5 Å². The Morgan fingerprint density at radius 1 is 1.33 bits per heavy atom. The van der Waals surface area contributed by atoms with Crippen molar-refractivity contribution in [3.63, 3.8) is 0 Å². The van der Waals surface area contributed by atoms with E-state index in [9.17, 15) is 9.18 Å². The van der Waals surface area contributed by atoms with E-state index in [1.807, 2.05) is 11.8 Å². The Bertz CT molecular complexity index is 422. The first kappa shape index (κ1) is 17.4. The van der Waals surface area contributed by atoms with Crippen molar-refractivity contribution in [1.29, 1.82) is 0 Å². The summed E-state index contributed by atoms with van der Waals surface area (Å²) < 4.78 is 13.0. The summed E-state index contributed by atoms with van der Waals surface area (Å²) in [5.74, 6) is -0.289. The van der Waals surface area contributed by atoms with Crippen LogP contribution in [0.3, 0.4) is 0 Å². The zero-order valence-corrected chi connectivity index (χ0v) is 12.9. The molecule has 4 nitrogen and oxygen atoms in total. The SMILES string of the molecule is CCCCNC(=O)C(C)N(CCCN)c1ccc(F)cc1. The predicted octanol–water partition coefficient (Wildman–Crippen LogP) is 2.29. The van der Waals surface area contributed by atoms with Crippen molar-refractivity contribution in [1.82, 2.24) is 5.32 Å². The lowest BCUT2D eigenvalue weighted by Gasteiger charge is -2.30. The molecule has 1 aromatic carbocycles. The number of nitrogens with two attached hydrogens (primary N) is 1. The Balaban J connectivity index is 2.75. The first-order valence-corrected chi connectivity index (χ1v) is 7.60. The lowest BCUT2D eigenvalue weighted by Crippen LogP contribution is -2.46. The molecule has 0 aliphatic rings. The number of unbranched alkanes of at least 4 members (excludes halogenated alkanes) is 1. The molecule has 0 radical (unpaired) electrons. The fraction of sp³-hybridized carbons (Fsp3) is 0.562. The maximum absolute atomic E-state index is 13.0. The molecule has 0 aliphatic carbocycles. The minimum atomic E-state index is -0.307. The molecule has 0 fully saturated rings. The molecule has 1 amide bonds. The molecule has 0 aliphatic heterocycles. The molecule has 3 N–H and O–H groups in total. The summed E-state index contributed by atoms with van der Waals surface area (Å²) in [5.41, 5.74) is 6.40. The Morgan fingerprint density at radius 2 is 2.00 bits per heavy atom. The molecule has 1 aromatic rings. The average molecular weight is 295 g/mol. The van der Waals surface area contributed by atoms with Crippen molar-refractivity contribution in [2.45, 2.75) is 39.2 Å². The monoisotopic (exact) mass is 295 g/mol. The number of halogens is 1. The van der Waals surface area contributed by atoms with Crippen LogP contribution in [-0.2, 0) is 4.79 Å². The third kappa shape index (κ3) is 5.71. The van der Waals surface area contributed by atoms with Gasteiger partial charge < -0.3 is 16.0 Å². The number of nitrogens with zero attached hydrogens (tertiary/aromatic N) is 1. The third-order valence-electron chi connectivity index (χ3n) is 3.44. The molecular weight excluding hydrogens is 269 g/mol. The van der Waals surface area contributed by atoms with E-state index < -0.39 is 0 Å². The Morgan fingerprint density at radius 3 is 2.57 bits per heavy atom. The van der Waals surface area contributed by atoms with Gasteiger partial charge in [-0.2, -0.15) is 0 Å². The molecule has 1 atom stereocenters. The van der Waals surface area contributed by atoms with Gasteiger partial charge in [-0.3, -0.25) is 4.79 Å². The van der Waals surface area contributed by atoms with Crippen molar-refractivity contribution in [2.24, 2.45) is 5.73 Å². The molecule has 0 bridgehead atoms. The number of carbonyl (C=O) groups excluding carboxylic acids is 1. The average Bonchev–Trinajstić information content (AvgIpc) is 2.49. The summed E-state index contributed by atoms with van der Waals surface area (Å²) in [6.45, 7) is 5.86. The lowest BCUT2D eigenvalue weighted by atomic mass is 10.2. The first-order chi connectivity index (χ1) is 10.1. The van der Waals surface area contributed by atoms with Crippen LogP contribution < -0.4 is 16.0 Å². The number of benzene rings is 1. The van der Waals surface area contributed by atoms with Crippen LogP contribution in [0, 0.1) is 5.82 Å². The van der Waals surface area contributed by atoms with Gasteiger partial charge in [0, 0.05) is 18.8 Å². The van der Waals surface area contributed by atoms with Gasteiger partial charge in [0.15, 0.2) is 0 Å². The van der Waals surface area contributed by atoms with Crippen LogP contribution in [0.4, 0.5) is 10.1 Å². The zero-order valence-electron chi connectivity index (χ0n) is 12.9. The van der Waals surface area contributed by atoms with Crippen molar-refractivity contribution in [3.05, 3.63) is 30.1 Å². The number of carbonyl (C=O) groups is 1. The smallest absolute Gasteiger partial charge is 0.242 e. The second kappa shape index (κ2) is 9.34. The molecule has 0 spiro atoms. The lowest BCUT2D eigenvalue weighted by molar-refractivity contribution is -0.122. The summed E-state index contributed by atoms with van der Waals surface area (Å²) in [7, 11) is 0. The third-order valence-corrected chi connectivity index (χ3v) is 3.44. The van der Waals surface area contributed by atoms with Gasteiger partial charge in [-0.25, -0.2) is 4.39 Å². The summed E-state index contributed by atoms with van der Waals surface area (Å²) >= 11 is 0. The molecule has 0 saturated carbocycles. The van der Waals surface area contributed by atoms with Crippen LogP contribution in [-0.4, -0.2) is 31.6 Å². The minimum absolute atomic E-state index is 0.00945. The highest BCUT2D eigenvalue weighted by Gasteiger charge is 2.21. The maximum atomic E-state index is 13.0. The van der Waals surface area contributed by atoms with E-state index in [-0.39, 0.29) is 17.8 Å². The van der Waals surface area contributed by atoms with Gasteiger partial charge in [0.05, 0.1) is 0 Å². The highest BCUT2D eigenvalue weighted by Crippen LogP contribution is 2.18. The van der Waals surface area contributed by atoms with Gasteiger partial charge in [0.25, 0.3) is 0 Å². The molecule has 21 heavy (non-hydrogen) atoms. The van der Waals surface area contributed by atoms with E-state index in [2.05, 4.69) is 12.2 Å². The molecule has 1 unspecified atom stereocenters. The van der Waals surface area contributed by atoms with Crippen molar-refractivity contribution < 1.29 is 9.18 Å². The zero-order chi connectivity index (χ0) is 15.7. The van der Waals surface area contributed by atoms with Crippen LogP contribution in [0.15, 0.2) is 24.3 Å². The van der Waals surface area contributed by atoms with Gasteiger partial charge in [0.1, 0.15) is 11.9 Å². The van der Waals surface area contributed by atoms with Crippen LogP contribution in [0.2, 0.25) is 0 Å². The number of amides is 1. The van der Waals surface area contributed by atoms with Gasteiger partial charge >= 0.3 is 0 Å². The molecular formula is C16H26FN3O. The van der Waals surface area contributed by atoms with Crippen LogP contribution in [0.25, 0.3) is 0 Å². The predicted molar refractivity (Wildman–Crippen MR) is 84.8 cm³/mol. The van der Waals surface area contributed by atoms with Gasteiger partial charge in [-0.05, 0) is 50.6 Å². The van der Waals surface area contributed by atoms with Crippen molar-refractivity contribution in [3.8, 4) is 0 Å². The molecule has 1 rings (SSSR count).